The van der Waals surface area contributed by atoms with E-state index in [1.54, 1.807) is 6.07 Å². The minimum Gasteiger partial charge on any atom is -0.353 e. The number of nitrogens with zero attached hydrogens (tertiary/aromatic N) is 2. The molecule has 2 fully saturated rings. The number of hydrogen-bond donors (Lipinski definition) is 1. The SMILES string of the molecule is Cc1cccc(C(=O)N2CCC3(CC2)C[C@@H](CC(=O)NC2CC2)c2ccccc23)n1. The van der Waals surface area contributed by atoms with E-state index < -0.39 is 0 Å². The Bertz CT molecular complexity index is 974. The summed E-state index contributed by atoms with van der Waals surface area (Å²) in [7, 11) is 0. The van der Waals surface area contributed by atoms with Gasteiger partial charge in [0.25, 0.3) is 5.91 Å². The highest BCUT2D eigenvalue weighted by atomic mass is 16.2. The molecule has 1 aliphatic heterocycles. The number of aryl methyl sites for hydroxylation is 1. The van der Waals surface area contributed by atoms with E-state index in [1.807, 2.05) is 24.0 Å². The van der Waals surface area contributed by atoms with Gasteiger partial charge in [-0.25, -0.2) is 4.98 Å². The van der Waals surface area contributed by atoms with Crippen LogP contribution in [-0.4, -0.2) is 40.8 Å². The van der Waals surface area contributed by atoms with Gasteiger partial charge in [0.1, 0.15) is 5.69 Å². The molecule has 156 valence electrons. The van der Waals surface area contributed by atoms with Gasteiger partial charge in [0.2, 0.25) is 5.91 Å². The van der Waals surface area contributed by atoms with Crippen molar-refractivity contribution in [2.75, 3.05) is 13.1 Å². The van der Waals surface area contributed by atoms with Crippen molar-refractivity contribution in [1.82, 2.24) is 15.2 Å². The lowest BCUT2D eigenvalue weighted by molar-refractivity contribution is -0.121. The molecule has 1 saturated heterocycles. The van der Waals surface area contributed by atoms with Gasteiger partial charge in [0.05, 0.1) is 0 Å². The fourth-order valence-corrected chi connectivity index (χ4v) is 5.38. The zero-order valence-corrected chi connectivity index (χ0v) is 17.6. The first-order chi connectivity index (χ1) is 14.5. The van der Waals surface area contributed by atoms with E-state index in [9.17, 15) is 9.59 Å². The summed E-state index contributed by atoms with van der Waals surface area (Å²) in [5, 5.41) is 3.15. The molecule has 3 aliphatic rings. The molecule has 1 saturated carbocycles. The third-order valence-electron chi connectivity index (χ3n) is 7.10. The maximum absolute atomic E-state index is 12.9. The van der Waals surface area contributed by atoms with Crippen molar-refractivity contribution in [1.29, 1.82) is 0 Å². The van der Waals surface area contributed by atoms with Gasteiger partial charge in [-0.15, -0.1) is 0 Å². The lowest BCUT2D eigenvalue weighted by Gasteiger charge is -2.40. The van der Waals surface area contributed by atoms with Crippen LogP contribution in [0.25, 0.3) is 0 Å². The molecule has 5 rings (SSSR count). The van der Waals surface area contributed by atoms with Gasteiger partial charge in [0.15, 0.2) is 0 Å². The van der Waals surface area contributed by atoms with Gasteiger partial charge in [-0.1, -0.05) is 30.3 Å². The lowest BCUT2D eigenvalue weighted by atomic mass is 9.73. The molecule has 2 aromatic rings. The van der Waals surface area contributed by atoms with E-state index in [0.717, 1.165) is 50.9 Å². The topological polar surface area (TPSA) is 62.3 Å². The van der Waals surface area contributed by atoms with E-state index in [4.69, 9.17) is 0 Å². The van der Waals surface area contributed by atoms with Crippen LogP contribution in [0.1, 0.15) is 71.8 Å². The quantitative estimate of drug-likeness (QED) is 0.846. The summed E-state index contributed by atoms with van der Waals surface area (Å²) in [6, 6.07) is 14.7. The Morgan fingerprint density at radius 1 is 1.10 bits per heavy atom. The van der Waals surface area contributed by atoms with Crippen molar-refractivity contribution in [3.8, 4) is 0 Å². The number of rotatable bonds is 4. The molecule has 5 heteroatoms. The fourth-order valence-electron chi connectivity index (χ4n) is 5.38. The molecular weight excluding hydrogens is 374 g/mol. The van der Waals surface area contributed by atoms with Crippen LogP contribution in [0, 0.1) is 6.92 Å². The van der Waals surface area contributed by atoms with Gasteiger partial charge in [0, 0.05) is 31.2 Å². The predicted octanol–water partition coefficient (Wildman–Crippen LogP) is 3.72. The molecule has 5 nitrogen and oxygen atoms in total. The van der Waals surface area contributed by atoms with Gasteiger partial charge in [-0.2, -0.15) is 0 Å². The Kier molecular flexibility index (Phi) is 4.84. The van der Waals surface area contributed by atoms with Crippen LogP contribution in [0.3, 0.4) is 0 Å². The average Bonchev–Trinajstić information content (AvgIpc) is 3.52. The van der Waals surface area contributed by atoms with Crippen LogP contribution in [0.15, 0.2) is 42.5 Å². The third kappa shape index (κ3) is 3.62. The minimum absolute atomic E-state index is 0.0280. The van der Waals surface area contributed by atoms with E-state index in [0.29, 0.717) is 18.2 Å². The third-order valence-corrected chi connectivity index (χ3v) is 7.10. The number of aromatic nitrogens is 1. The zero-order valence-electron chi connectivity index (χ0n) is 17.6. The van der Waals surface area contributed by atoms with Crippen molar-refractivity contribution < 1.29 is 9.59 Å². The smallest absolute Gasteiger partial charge is 0.272 e. The maximum atomic E-state index is 12.9. The Morgan fingerprint density at radius 3 is 2.60 bits per heavy atom. The average molecular weight is 404 g/mol. The molecule has 1 aromatic heterocycles. The first-order valence-corrected chi connectivity index (χ1v) is 11.2. The summed E-state index contributed by atoms with van der Waals surface area (Å²) in [6.45, 7) is 3.39. The van der Waals surface area contributed by atoms with Crippen LogP contribution in [0.2, 0.25) is 0 Å². The fraction of sp³-hybridized carbons (Fsp3) is 0.480. The number of carbonyl (C=O) groups is 2. The second-order valence-electron chi connectivity index (χ2n) is 9.27. The van der Waals surface area contributed by atoms with Gasteiger partial charge >= 0.3 is 0 Å². The molecule has 0 unspecified atom stereocenters. The molecule has 30 heavy (non-hydrogen) atoms. The highest BCUT2D eigenvalue weighted by Gasteiger charge is 2.46. The standard InChI is InChI=1S/C25H29N3O2/c1-17-5-4-8-22(26-17)24(30)28-13-11-25(12-14-28)16-18(15-23(29)27-19-9-10-19)20-6-2-3-7-21(20)25/h2-8,18-19H,9-16H2,1H3,(H,27,29)/t18-/m1/s1. The van der Waals surface area contributed by atoms with E-state index >= 15 is 0 Å². The molecule has 2 aliphatic carbocycles. The van der Waals surface area contributed by atoms with Crippen molar-refractivity contribution >= 4 is 11.8 Å². The molecule has 1 spiro atoms. The molecule has 2 heterocycles. The van der Waals surface area contributed by atoms with Crippen LogP contribution in [0.4, 0.5) is 0 Å². The van der Waals surface area contributed by atoms with Crippen LogP contribution in [-0.2, 0) is 10.2 Å². The Hall–Kier alpha value is -2.69. The minimum atomic E-state index is 0.0280. The Labute approximate surface area is 177 Å². The van der Waals surface area contributed by atoms with Crippen molar-refractivity contribution in [2.24, 2.45) is 0 Å². The molecule has 0 radical (unpaired) electrons. The van der Waals surface area contributed by atoms with Crippen LogP contribution < -0.4 is 5.32 Å². The molecule has 1 N–H and O–H groups in total. The summed E-state index contributed by atoms with van der Waals surface area (Å²) in [5.41, 5.74) is 4.22. The number of likely N-dealkylation sites (tertiary alicyclic amines) is 1. The summed E-state index contributed by atoms with van der Waals surface area (Å²) in [6.07, 6.45) is 5.72. The number of nitrogens with one attached hydrogen (secondary N) is 1. The van der Waals surface area contributed by atoms with Crippen LogP contribution >= 0.6 is 0 Å². The van der Waals surface area contributed by atoms with Crippen molar-refractivity contribution in [3.05, 3.63) is 65.0 Å². The summed E-state index contributed by atoms with van der Waals surface area (Å²) in [4.78, 5) is 31.8. The normalized spacial score (nSPS) is 22.0. The van der Waals surface area contributed by atoms with E-state index in [1.165, 1.54) is 11.1 Å². The zero-order chi connectivity index (χ0) is 20.7. The molecule has 1 atom stereocenters. The number of amides is 2. The van der Waals surface area contributed by atoms with Gasteiger partial charge in [-0.05, 0) is 73.6 Å². The summed E-state index contributed by atoms with van der Waals surface area (Å²) < 4.78 is 0. The second-order valence-corrected chi connectivity index (χ2v) is 9.27. The number of pyridine rings is 1. The maximum Gasteiger partial charge on any atom is 0.272 e. The number of piperidine rings is 1. The first-order valence-electron chi connectivity index (χ1n) is 11.2. The number of benzene rings is 1. The lowest BCUT2D eigenvalue weighted by Crippen LogP contribution is -2.44. The second kappa shape index (κ2) is 7.53. The highest BCUT2D eigenvalue weighted by molar-refractivity contribution is 5.92. The highest BCUT2D eigenvalue weighted by Crippen LogP contribution is 2.52. The summed E-state index contributed by atoms with van der Waals surface area (Å²) >= 11 is 0. The van der Waals surface area contributed by atoms with Crippen LogP contribution in [0.5, 0.6) is 0 Å². The number of carbonyl (C=O) groups excluding carboxylic acids is 2. The Balaban J connectivity index is 1.30. The molecule has 2 amide bonds. The summed E-state index contributed by atoms with van der Waals surface area (Å²) in [5.74, 6) is 0.494. The number of fused-ring (bicyclic) bond motifs is 2. The van der Waals surface area contributed by atoms with Gasteiger partial charge < -0.3 is 10.2 Å². The Morgan fingerprint density at radius 2 is 1.87 bits per heavy atom. The number of hydrogen-bond acceptors (Lipinski definition) is 3. The van der Waals surface area contributed by atoms with Crippen molar-refractivity contribution in [3.63, 3.8) is 0 Å². The monoisotopic (exact) mass is 403 g/mol. The van der Waals surface area contributed by atoms with Gasteiger partial charge in [-0.3, -0.25) is 9.59 Å². The molecule has 1 aromatic carbocycles. The van der Waals surface area contributed by atoms with Crippen molar-refractivity contribution in [2.45, 2.75) is 62.8 Å². The van der Waals surface area contributed by atoms with E-state index in [2.05, 4.69) is 34.6 Å². The largest absolute Gasteiger partial charge is 0.353 e. The molecular formula is C25H29N3O2. The van der Waals surface area contributed by atoms with E-state index in [-0.39, 0.29) is 23.1 Å². The molecule has 0 bridgehead atoms. The predicted molar refractivity (Wildman–Crippen MR) is 115 cm³/mol. The first kappa shape index (κ1) is 19.3.